The van der Waals surface area contributed by atoms with Gasteiger partial charge in [-0.3, -0.25) is 0 Å². The Labute approximate surface area is 95.0 Å². The molecule has 0 amide bonds. The van der Waals surface area contributed by atoms with Crippen molar-refractivity contribution in [2.24, 2.45) is 5.92 Å². The molecule has 84 valence electrons. The fourth-order valence-corrected chi connectivity index (χ4v) is 2.98. The Morgan fingerprint density at radius 3 is 2.50 bits per heavy atom. The van der Waals surface area contributed by atoms with Gasteiger partial charge in [0, 0.05) is 18.4 Å². The Bertz CT molecular complexity index is 273. The molecular weight excluding hydrogens is 266 g/mol. The maximum atomic E-state index is 11.7. The molecule has 1 rings (SSSR count). The number of alkyl halides is 1. The zero-order chi connectivity index (χ0) is 10.8. The fourth-order valence-electron chi connectivity index (χ4n) is 1.21. The van der Waals surface area contributed by atoms with Crippen LogP contribution in [0.25, 0.3) is 0 Å². The van der Waals surface area contributed by atoms with Crippen molar-refractivity contribution in [1.29, 1.82) is 0 Å². The third kappa shape index (κ3) is 4.28. The van der Waals surface area contributed by atoms with Gasteiger partial charge in [-0.1, -0.05) is 22.9 Å². The number of nitrogens with zero attached hydrogens (tertiary/aromatic N) is 1. The Balaban J connectivity index is 2.36. The van der Waals surface area contributed by atoms with E-state index < -0.39 is 10.0 Å². The molecule has 1 atom stereocenters. The average Bonchev–Trinajstić information content (AvgIpc) is 2.82. The normalized spacial score (nSPS) is 20.0. The third-order valence-electron chi connectivity index (χ3n) is 2.46. The van der Waals surface area contributed by atoms with Crippen LogP contribution < -0.4 is 0 Å². The standard InChI is InChI=1S/C9H18BrNO2S/c1-8(10)5-6-11(2)14(12,13)7-9-3-4-9/h8-9H,3-7H2,1-2H3. The summed E-state index contributed by atoms with van der Waals surface area (Å²) in [6.07, 6.45) is 3.03. The van der Waals surface area contributed by atoms with E-state index in [2.05, 4.69) is 15.9 Å². The molecule has 0 spiro atoms. The van der Waals surface area contributed by atoms with Crippen LogP contribution in [0.15, 0.2) is 0 Å². The maximum absolute atomic E-state index is 11.7. The molecule has 3 nitrogen and oxygen atoms in total. The van der Waals surface area contributed by atoms with E-state index in [0.29, 0.717) is 23.0 Å². The van der Waals surface area contributed by atoms with Crippen molar-refractivity contribution in [2.75, 3.05) is 19.3 Å². The molecule has 1 unspecified atom stereocenters. The quantitative estimate of drug-likeness (QED) is 0.698. The second-order valence-corrected chi connectivity index (χ2v) is 7.80. The molecule has 1 saturated carbocycles. The summed E-state index contributed by atoms with van der Waals surface area (Å²) in [6, 6.07) is 0. The summed E-state index contributed by atoms with van der Waals surface area (Å²) in [5, 5.41) is 0. The number of sulfonamides is 1. The van der Waals surface area contributed by atoms with Crippen molar-refractivity contribution in [3.63, 3.8) is 0 Å². The minimum Gasteiger partial charge on any atom is -0.212 e. The highest BCUT2D eigenvalue weighted by Gasteiger charge is 2.30. The van der Waals surface area contributed by atoms with Crippen LogP contribution in [0.4, 0.5) is 0 Å². The van der Waals surface area contributed by atoms with Gasteiger partial charge in [0.15, 0.2) is 0 Å². The minimum absolute atomic E-state index is 0.347. The van der Waals surface area contributed by atoms with Crippen molar-refractivity contribution in [2.45, 2.75) is 31.0 Å². The highest BCUT2D eigenvalue weighted by molar-refractivity contribution is 9.09. The van der Waals surface area contributed by atoms with Crippen LogP contribution in [0.2, 0.25) is 0 Å². The summed E-state index contributed by atoms with van der Waals surface area (Å²) in [5.74, 6) is 0.782. The van der Waals surface area contributed by atoms with Crippen LogP contribution in [0, 0.1) is 5.92 Å². The molecule has 0 aromatic carbocycles. The van der Waals surface area contributed by atoms with E-state index in [1.165, 1.54) is 4.31 Å². The number of rotatable bonds is 6. The van der Waals surface area contributed by atoms with Gasteiger partial charge in [0.2, 0.25) is 10.0 Å². The van der Waals surface area contributed by atoms with Gasteiger partial charge in [-0.15, -0.1) is 0 Å². The van der Waals surface area contributed by atoms with Crippen LogP contribution in [-0.2, 0) is 10.0 Å². The molecule has 5 heteroatoms. The first kappa shape index (κ1) is 12.5. The molecule has 1 aliphatic rings. The summed E-state index contributed by atoms with van der Waals surface area (Å²) in [4.78, 5) is 0.376. The molecule has 1 fully saturated rings. The third-order valence-corrected chi connectivity index (χ3v) is 4.94. The van der Waals surface area contributed by atoms with Gasteiger partial charge in [-0.05, 0) is 25.2 Å². The Kier molecular flexibility index (Phi) is 4.40. The van der Waals surface area contributed by atoms with Crippen molar-refractivity contribution >= 4 is 26.0 Å². The van der Waals surface area contributed by atoms with E-state index in [4.69, 9.17) is 0 Å². The second kappa shape index (κ2) is 4.94. The topological polar surface area (TPSA) is 37.4 Å². The van der Waals surface area contributed by atoms with Crippen LogP contribution in [0.5, 0.6) is 0 Å². The molecular formula is C9H18BrNO2S. The minimum atomic E-state index is -2.98. The highest BCUT2D eigenvalue weighted by Crippen LogP contribution is 2.30. The lowest BCUT2D eigenvalue weighted by atomic mass is 10.3. The van der Waals surface area contributed by atoms with E-state index in [1.54, 1.807) is 7.05 Å². The summed E-state index contributed by atoms with van der Waals surface area (Å²) in [7, 11) is -1.31. The smallest absolute Gasteiger partial charge is 0.212 e. The van der Waals surface area contributed by atoms with Gasteiger partial charge in [0.05, 0.1) is 5.75 Å². The van der Waals surface area contributed by atoms with E-state index in [-0.39, 0.29) is 0 Å². The monoisotopic (exact) mass is 283 g/mol. The lowest BCUT2D eigenvalue weighted by Crippen LogP contribution is -2.31. The van der Waals surface area contributed by atoms with Crippen molar-refractivity contribution in [3.8, 4) is 0 Å². The second-order valence-electron chi connectivity index (χ2n) is 4.11. The average molecular weight is 284 g/mol. The first-order chi connectivity index (χ1) is 6.42. The molecule has 14 heavy (non-hydrogen) atoms. The Morgan fingerprint density at radius 1 is 1.50 bits per heavy atom. The molecule has 0 N–H and O–H groups in total. The predicted octanol–water partition coefficient (Wildman–Crippen LogP) is 1.83. The number of halogens is 1. The molecule has 0 radical (unpaired) electrons. The van der Waals surface area contributed by atoms with E-state index in [9.17, 15) is 8.42 Å². The largest absolute Gasteiger partial charge is 0.214 e. The summed E-state index contributed by atoms with van der Waals surface area (Å²) < 4.78 is 24.9. The van der Waals surface area contributed by atoms with E-state index >= 15 is 0 Å². The van der Waals surface area contributed by atoms with Crippen LogP contribution in [0.3, 0.4) is 0 Å². The SMILES string of the molecule is CC(Br)CCN(C)S(=O)(=O)CC1CC1. The van der Waals surface area contributed by atoms with Gasteiger partial charge in [0.1, 0.15) is 0 Å². The van der Waals surface area contributed by atoms with Crippen molar-refractivity contribution < 1.29 is 8.42 Å². The number of hydrogen-bond donors (Lipinski definition) is 0. The lowest BCUT2D eigenvalue weighted by Gasteiger charge is -2.17. The van der Waals surface area contributed by atoms with Gasteiger partial charge >= 0.3 is 0 Å². The van der Waals surface area contributed by atoms with Crippen LogP contribution >= 0.6 is 15.9 Å². The summed E-state index contributed by atoms with van der Waals surface area (Å²) >= 11 is 3.41. The Hall–Kier alpha value is 0.390. The number of hydrogen-bond acceptors (Lipinski definition) is 2. The molecule has 0 heterocycles. The zero-order valence-electron chi connectivity index (χ0n) is 8.74. The van der Waals surface area contributed by atoms with Crippen molar-refractivity contribution in [1.82, 2.24) is 4.31 Å². The Morgan fingerprint density at radius 2 is 2.07 bits per heavy atom. The van der Waals surface area contributed by atoms with Crippen LogP contribution in [-0.4, -0.2) is 36.9 Å². The van der Waals surface area contributed by atoms with Gasteiger partial charge in [-0.2, -0.15) is 0 Å². The maximum Gasteiger partial charge on any atom is 0.214 e. The molecule has 1 aliphatic carbocycles. The van der Waals surface area contributed by atoms with E-state index in [0.717, 1.165) is 19.3 Å². The molecule has 0 aliphatic heterocycles. The molecule has 0 bridgehead atoms. The summed E-state index contributed by atoms with van der Waals surface area (Å²) in [6.45, 7) is 2.64. The zero-order valence-corrected chi connectivity index (χ0v) is 11.1. The molecule has 0 saturated heterocycles. The first-order valence-corrected chi connectivity index (χ1v) is 7.52. The van der Waals surface area contributed by atoms with Gasteiger partial charge < -0.3 is 0 Å². The predicted molar refractivity (Wildman–Crippen MR) is 62.1 cm³/mol. The highest BCUT2D eigenvalue weighted by atomic mass is 79.9. The fraction of sp³-hybridized carbons (Fsp3) is 1.00. The van der Waals surface area contributed by atoms with Gasteiger partial charge in [0.25, 0.3) is 0 Å². The summed E-state index contributed by atoms with van der Waals surface area (Å²) in [5.41, 5.74) is 0. The van der Waals surface area contributed by atoms with E-state index in [1.807, 2.05) is 6.92 Å². The van der Waals surface area contributed by atoms with Gasteiger partial charge in [-0.25, -0.2) is 12.7 Å². The van der Waals surface area contributed by atoms with Crippen molar-refractivity contribution in [3.05, 3.63) is 0 Å². The molecule has 0 aromatic rings. The lowest BCUT2D eigenvalue weighted by molar-refractivity contribution is 0.460. The first-order valence-electron chi connectivity index (χ1n) is 5.00. The molecule has 0 aromatic heterocycles. The van der Waals surface area contributed by atoms with Crippen LogP contribution in [0.1, 0.15) is 26.2 Å².